The molecule has 9 nitrogen and oxygen atoms in total. The molecule has 2 aromatic rings. The Bertz CT molecular complexity index is 1430. The maximum Gasteiger partial charge on any atom is 0.410 e. The average molecular weight is 652 g/mol. The monoisotopic (exact) mass is 651 g/mol. The highest BCUT2D eigenvalue weighted by atomic mass is 32.2. The number of sulfonamides is 1. The highest BCUT2D eigenvalue weighted by Gasteiger charge is 2.45. The van der Waals surface area contributed by atoms with Crippen LogP contribution in [0.4, 0.5) is 4.79 Å². The topological polar surface area (TPSA) is 88.6 Å². The van der Waals surface area contributed by atoms with E-state index in [9.17, 15) is 13.2 Å². The van der Waals surface area contributed by atoms with Crippen molar-refractivity contribution in [3.63, 3.8) is 0 Å². The molecule has 46 heavy (non-hydrogen) atoms. The van der Waals surface area contributed by atoms with E-state index in [0.717, 1.165) is 50.6 Å². The third-order valence-electron chi connectivity index (χ3n) is 10.9. The van der Waals surface area contributed by atoms with E-state index in [0.29, 0.717) is 55.8 Å². The minimum Gasteiger partial charge on any atom is -0.449 e. The lowest BCUT2D eigenvalue weighted by molar-refractivity contribution is -0.0906. The Kier molecular flexibility index (Phi) is 10.2. The SMILES string of the molecule is C=CCN(C(=O)OC[C@H]1CO[C@H]2OCC[C@@H]12)C1CC2CCC(C1)N2CCC(C)(CN(C)S(=O)(=O)c1ccccc1)c1ccccc1. The summed E-state index contributed by atoms with van der Waals surface area (Å²) >= 11 is 0. The summed E-state index contributed by atoms with van der Waals surface area (Å²) in [6, 6.07) is 19.8. The van der Waals surface area contributed by atoms with Gasteiger partial charge in [0.25, 0.3) is 0 Å². The van der Waals surface area contributed by atoms with E-state index in [-0.39, 0.29) is 29.8 Å². The van der Waals surface area contributed by atoms with Crippen LogP contribution in [-0.2, 0) is 29.6 Å². The number of benzene rings is 2. The van der Waals surface area contributed by atoms with Gasteiger partial charge in [-0.25, -0.2) is 17.5 Å². The number of fused-ring (bicyclic) bond motifs is 3. The molecule has 3 unspecified atom stereocenters. The molecule has 4 aliphatic rings. The molecule has 4 fully saturated rings. The van der Waals surface area contributed by atoms with Gasteiger partial charge < -0.3 is 19.1 Å². The van der Waals surface area contributed by atoms with Crippen LogP contribution in [0.1, 0.15) is 51.0 Å². The first-order valence-electron chi connectivity index (χ1n) is 16.8. The van der Waals surface area contributed by atoms with Crippen LogP contribution in [-0.4, -0.2) is 99.5 Å². The summed E-state index contributed by atoms with van der Waals surface area (Å²) in [6.45, 7) is 9.46. The van der Waals surface area contributed by atoms with Crippen LogP contribution < -0.4 is 0 Å². The summed E-state index contributed by atoms with van der Waals surface area (Å²) in [5, 5.41) is 0. The van der Waals surface area contributed by atoms with E-state index in [1.54, 1.807) is 37.4 Å². The summed E-state index contributed by atoms with van der Waals surface area (Å²) in [5.41, 5.74) is 0.746. The molecule has 6 atom stereocenters. The van der Waals surface area contributed by atoms with Gasteiger partial charge in [0.1, 0.15) is 0 Å². The van der Waals surface area contributed by atoms with Gasteiger partial charge in [-0.05, 0) is 62.8 Å². The Labute approximate surface area is 274 Å². The zero-order valence-electron chi connectivity index (χ0n) is 27.2. The molecule has 10 heteroatoms. The van der Waals surface area contributed by atoms with E-state index in [2.05, 4.69) is 30.5 Å². The van der Waals surface area contributed by atoms with Crippen LogP contribution in [0.5, 0.6) is 0 Å². The van der Waals surface area contributed by atoms with Crippen LogP contribution in [0.2, 0.25) is 0 Å². The molecule has 0 radical (unpaired) electrons. The number of ether oxygens (including phenoxy) is 3. The summed E-state index contributed by atoms with van der Waals surface area (Å²) in [4.78, 5) is 18.2. The molecule has 4 saturated heterocycles. The summed E-state index contributed by atoms with van der Waals surface area (Å²) < 4.78 is 45.8. The van der Waals surface area contributed by atoms with Crippen molar-refractivity contribution in [1.29, 1.82) is 0 Å². The van der Waals surface area contributed by atoms with Crippen molar-refractivity contribution < 1.29 is 27.4 Å². The highest BCUT2D eigenvalue weighted by Crippen LogP contribution is 2.40. The maximum atomic E-state index is 13.5. The van der Waals surface area contributed by atoms with Crippen LogP contribution in [0.25, 0.3) is 0 Å². The van der Waals surface area contributed by atoms with Crippen molar-refractivity contribution in [3.8, 4) is 0 Å². The van der Waals surface area contributed by atoms with Gasteiger partial charge in [0.05, 0.1) is 24.7 Å². The van der Waals surface area contributed by atoms with Crippen molar-refractivity contribution in [2.24, 2.45) is 11.8 Å². The molecule has 4 aliphatic heterocycles. The second kappa shape index (κ2) is 14.2. The molecule has 2 aromatic carbocycles. The molecule has 0 saturated carbocycles. The highest BCUT2D eigenvalue weighted by molar-refractivity contribution is 7.89. The Hall–Kier alpha value is -2.76. The van der Waals surface area contributed by atoms with Crippen molar-refractivity contribution in [1.82, 2.24) is 14.1 Å². The fraction of sp³-hybridized carbons (Fsp3) is 0.583. The molecule has 4 heterocycles. The number of rotatable bonds is 13. The first kappa shape index (κ1) is 33.2. The molecule has 0 spiro atoms. The zero-order chi connectivity index (χ0) is 32.3. The predicted molar refractivity (Wildman–Crippen MR) is 177 cm³/mol. The summed E-state index contributed by atoms with van der Waals surface area (Å²) in [5.74, 6) is 0.486. The lowest BCUT2D eigenvalue weighted by Gasteiger charge is -2.44. The molecule has 0 aliphatic carbocycles. The van der Waals surface area contributed by atoms with Gasteiger partial charge in [-0.2, -0.15) is 0 Å². The van der Waals surface area contributed by atoms with Gasteiger partial charge in [0, 0.05) is 55.5 Å². The van der Waals surface area contributed by atoms with Gasteiger partial charge in [0.2, 0.25) is 10.0 Å². The Morgan fingerprint density at radius 3 is 2.39 bits per heavy atom. The quantitative estimate of drug-likeness (QED) is 0.272. The largest absolute Gasteiger partial charge is 0.449 e. The fourth-order valence-corrected chi connectivity index (χ4v) is 9.56. The number of hydrogen-bond acceptors (Lipinski definition) is 7. The smallest absolute Gasteiger partial charge is 0.410 e. The minimum absolute atomic E-state index is 0.101. The number of carbonyl (C=O) groups is 1. The molecule has 0 N–H and O–H groups in total. The Morgan fingerprint density at radius 2 is 1.72 bits per heavy atom. The third kappa shape index (κ3) is 6.92. The number of hydrogen-bond donors (Lipinski definition) is 0. The zero-order valence-corrected chi connectivity index (χ0v) is 28.0. The number of likely N-dealkylation sites (N-methyl/N-ethyl adjacent to an activating group) is 1. The van der Waals surface area contributed by atoms with E-state index in [4.69, 9.17) is 14.2 Å². The van der Waals surface area contributed by atoms with Gasteiger partial charge in [-0.15, -0.1) is 6.58 Å². The third-order valence-corrected chi connectivity index (χ3v) is 12.7. The van der Waals surface area contributed by atoms with E-state index in [1.807, 2.05) is 29.2 Å². The van der Waals surface area contributed by atoms with E-state index >= 15 is 0 Å². The van der Waals surface area contributed by atoms with E-state index < -0.39 is 10.0 Å². The molecule has 6 rings (SSSR count). The van der Waals surface area contributed by atoms with Gasteiger partial charge in [-0.3, -0.25) is 4.90 Å². The fourth-order valence-electron chi connectivity index (χ4n) is 8.24. The summed E-state index contributed by atoms with van der Waals surface area (Å²) in [7, 11) is -1.94. The van der Waals surface area contributed by atoms with Crippen LogP contribution in [0.15, 0.2) is 78.2 Å². The Morgan fingerprint density at radius 1 is 1.04 bits per heavy atom. The number of piperidine rings is 1. The minimum atomic E-state index is -3.63. The molecular formula is C36H49N3O6S. The van der Waals surface area contributed by atoms with Crippen molar-refractivity contribution in [2.45, 2.75) is 80.2 Å². The molecule has 1 amide bonds. The standard InChI is InChI=1S/C36H49N3O6S/c1-4-19-39(35(40)45-25-27-24-44-34-33(27)17-21-43-34)31-22-29-15-16-30(23-31)38(29)20-18-36(2,28-11-7-5-8-12-28)26-37(3)46(41,42)32-13-9-6-10-14-32/h4-14,27,29-31,33-34H,1,15-26H2,2-3H3/t27-,29?,30?,31?,33+,34-,36?/m1/s1. The normalized spacial score (nSPS) is 28.9. The lowest BCUT2D eigenvalue weighted by atomic mass is 9.79. The predicted octanol–water partition coefficient (Wildman–Crippen LogP) is 5.28. The second-order valence-electron chi connectivity index (χ2n) is 13.8. The van der Waals surface area contributed by atoms with Crippen molar-refractivity contribution in [3.05, 3.63) is 78.9 Å². The first-order chi connectivity index (χ1) is 22.2. The number of amides is 1. The van der Waals surface area contributed by atoms with Gasteiger partial charge >= 0.3 is 6.09 Å². The van der Waals surface area contributed by atoms with Gasteiger partial charge in [-0.1, -0.05) is 61.5 Å². The lowest BCUT2D eigenvalue weighted by Crippen LogP contribution is -2.53. The second-order valence-corrected chi connectivity index (χ2v) is 15.8. The number of carbonyl (C=O) groups excluding carboxylic acids is 1. The average Bonchev–Trinajstić information content (AvgIpc) is 3.75. The van der Waals surface area contributed by atoms with Crippen LogP contribution >= 0.6 is 0 Å². The number of nitrogens with zero attached hydrogens (tertiary/aromatic N) is 3. The van der Waals surface area contributed by atoms with Crippen molar-refractivity contribution in [2.75, 3.05) is 46.5 Å². The first-order valence-corrected chi connectivity index (χ1v) is 18.2. The van der Waals surface area contributed by atoms with E-state index in [1.165, 1.54) is 4.31 Å². The molecular weight excluding hydrogens is 602 g/mol. The Balaban J connectivity index is 1.10. The molecule has 0 aromatic heterocycles. The van der Waals surface area contributed by atoms with Crippen molar-refractivity contribution >= 4 is 16.1 Å². The van der Waals surface area contributed by atoms with Gasteiger partial charge in [0.15, 0.2) is 6.29 Å². The van der Waals surface area contributed by atoms with Crippen LogP contribution in [0.3, 0.4) is 0 Å². The molecule has 2 bridgehead atoms. The molecule has 250 valence electrons. The van der Waals surface area contributed by atoms with Crippen LogP contribution in [0, 0.1) is 11.8 Å². The summed E-state index contributed by atoms with van der Waals surface area (Å²) in [6.07, 6.45) is 7.15. The maximum absolute atomic E-state index is 13.5.